The van der Waals surface area contributed by atoms with Gasteiger partial charge in [-0.2, -0.15) is 0 Å². The van der Waals surface area contributed by atoms with Crippen molar-refractivity contribution in [1.29, 1.82) is 0 Å². The highest BCUT2D eigenvalue weighted by Crippen LogP contribution is 2.30. The molecule has 4 rings (SSSR count). The number of thiazole rings is 1. The lowest BCUT2D eigenvalue weighted by atomic mass is 10.0. The first-order valence-corrected chi connectivity index (χ1v) is 11.5. The number of rotatable bonds is 8. The molecular formula is C25H26N2O3S. The monoisotopic (exact) mass is 434 g/mol. The number of benzene rings is 2. The molecule has 6 heteroatoms. The van der Waals surface area contributed by atoms with Gasteiger partial charge >= 0.3 is 5.63 Å². The number of fused-ring (bicyclic) bond motifs is 1. The number of hydrogen-bond acceptors (Lipinski definition) is 6. The Bertz CT molecular complexity index is 1260. The second-order valence-corrected chi connectivity index (χ2v) is 8.67. The summed E-state index contributed by atoms with van der Waals surface area (Å²) in [6.45, 7) is 4.21. The van der Waals surface area contributed by atoms with Crippen LogP contribution in [0.4, 0.5) is 10.8 Å². The van der Waals surface area contributed by atoms with Gasteiger partial charge in [0.25, 0.3) is 0 Å². The summed E-state index contributed by atoms with van der Waals surface area (Å²) in [5.41, 5.74) is 3.91. The summed E-state index contributed by atoms with van der Waals surface area (Å²) in [5, 5.41) is 17.0. The predicted molar refractivity (Wildman–Crippen MR) is 128 cm³/mol. The number of hydrogen-bond donors (Lipinski definition) is 2. The fourth-order valence-electron chi connectivity index (χ4n) is 3.63. The number of aryl methyl sites for hydroxylation is 2. The van der Waals surface area contributed by atoms with E-state index in [0.29, 0.717) is 22.0 Å². The van der Waals surface area contributed by atoms with Gasteiger partial charge in [0.05, 0.1) is 11.3 Å². The van der Waals surface area contributed by atoms with Gasteiger partial charge in [-0.25, -0.2) is 9.78 Å². The first-order valence-electron chi connectivity index (χ1n) is 10.6. The summed E-state index contributed by atoms with van der Waals surface area (Å²) in [6, 6.07) is 13.3. The van der Waals surface area contributed by atoms with Crippen molar-refractivity contribution < 1.29 is 9.52 Å². The van der Waals surface area contributed by atoms with Crippen LogP contribution in [0.5, 0.6) is 5.75 Å². The fraction of sp³-hybridized carbons (Fsp3) is 0.280. The van der Waals surface area contributed by atoms with Crippen LogP contribution in [0.3, 0.4) is 0 Å². The summed E-state index contributed by atoms with van der Waals surface area (Å²) in [5.74, 6) is 0.179. The van der Waals surface area contributed by atoms with E-state index in [0.717, 1.165) is 41.5 Å². The fourth-order valence-corrected chi connectivity index (χ4v) is 4.36. The molecule has 0 amide bonds. The first-order chi connectivity index (χ1) is 15.0. The molecule has 2 aromatic carbocycles. The molecule has 0 bridgehead atoms. The maximum absolute atomic E-state index is 12.6. The van der Waals surface area contributed by atoms with Gasteiger partial charge in [-0.15, -0.1) is 11.3 Å². The van der Waals surface area contributed by atoms with Gasteiger partial charge in [-0.3, -0.25) is 0 Å². The highest BCUT2D eigenvalue weighted by molar-refractivity contribution is 7.14. The van der Waals surface area contributed by atoms with Crippen molar-refractivity contribution in [2.45, 2.75) is 46.0 Å². The van der Waals surface area contributed by atoms with Crippen LogP contribution in [0.15, 0.2) is 57.1 Å². The highest BCUT2D eigenvalue weighted by Gasteiger charge is 2.14. The average Bonchev–Trinajstić information content (AvgIpc) is 3.19. The molecule has 2 aromatic heterocycles. The Balaban J connectivity index is 1.61. The topological polar surface area (TPSA) is 75.4 Å². The van der Waals surface area contributed by atoms with Crippen LogP contribution < -0.4 is 10.9 Å². The number of nitrogens with zero attached hydrogens (tertiary/aromatic N) is 1. The van der Waals surface area contributed by atoms with Crippen molar-refractivity contribution in [3.05, 3.63) is 69.4 Å². The lowest BCUT2D eigenvalue weighted by Gasteiger charge is -2.07. The van der Waals surface area contributed by atoms with Crippen molar-refractivity contribution in [3.8, 4) is 17.0 Å². The van der Waals surface area contributed by atoms with E-state index in [9.17, 15) is 9.90 Å². The number of nitrogens with one attached hydrogen (secondary N) is 1. The molecule has 2 N–H and O–H groups in total. The zero-order chi connectivity index (χ0) is 21.8. The van der Waals surface area contributed by atoms with E-state index in [1.165, 1.54) is 24.2 Å². The van der Waals surface area contributed by atoms with Gasteiger partial charge in [0.2, 0.25) is 0 Å². The Morgan fingerprint density at radius 2 is 2.00 bits per heavy atom. The van der Waals surface area contributed by atoms with Crippen LogP contribution in [0.1, 0.15) is 43.7 Å². The Labute approximate surface area is 185 Å². The van der Waals surface area contributed by atoms with E-state index in [4.69, 9.17) is 4.42 Å². The second kappa shape index (κ2) is 9.35. The van der Waals surface area contributed by atoms with Crippen LogP contribution in [-0.4, -0.2) is 10.1 Å². The number of aromatic nitrogens is 1. The van der Waals surface area contributed by atoms with Gasteiger partial charge in [-0.1, -0.05) is 38.3 Å². The summed E-state index contributed by atoms with van der Waals surface area (Å²) in [7, 11) is 0. The standard InChI is InChI=1S/C25H26N2O3S/c1-3-4-5-6-9-17-12-18-13-20(24(29)30-23(18)14-22(17)28)21-15-31-25(27-21)26-19-10-7-8-16(2)11-19/h7-8,10-15,28H,3-6,9H2,1-2H3,(H,26,27). The molecule has 0 aliphatic rings. The summed E-state index contributed by atoms with van der Waals surface area (Å²) in [4.78, 5) is 17.2. The van der Waals surface area contributed by atoms with E-state index in [2.05, 4.69) is 17.2 Å². The minimum atomic E-state index is -0.463. The minimum Gasteiger partial charge on any atom is -0.508 e. The molecule has 5 nitrogen and oxygen atoms in total. The van der Waals surface area contributed by atoms with Crippen LogP contribution in [0.25, 0.3) is 22.2 Å². The molecule has 0 atom stereocenters. The molecule has 160 valence electrons. The molecule has 0 aliphatic carbocycles. The Kier molecular flexibility index (Phi) is 6.37. The number of unbranched alkanes of at least 4 members (excludes halogenated alkanes) is 3. The number of phenols is 1. The molecule has 0 radical (unpaired) electrons. The zero-order valence-corrected chi connectivity index (χ0v) is 18.6. The van der Waals surface area contributed by atoms with E-state index >= 15 is 0 Å². The van der Waals surface area contributed by atoms with Crippen molar-refractivity contribution in [3.63, 3.8) is 0 Å². The molecule has 31 heavy (non-hydrogen) atoms. The quantitative estimate of drug-likeness (QED) is 0.236. The van der Waals surface area contributed by atoms with Gasteiger partial charge in [0, 0.05) is 22.5 Å². The summed E-state index contributed by atoms with van der Waals surface area (Å²) in [6.07, 6.45) is 5.33. The third kappa shape index (κ3) is 4.97. The summed E-state index contributed by atoms with van der Waals surface area (Å²) < 4.78 is 5.50. The third-order valence-electron chi connectivity index (χ3n) is 5.28. The van der Waals surface area contributed by atoms with Gasteiger partial charge in [0.1, 0.15) is 11.3 Å². The smallest absolute Gasteiger partial charge is 0.345 e. The first kappa shape index (κ1) is 21.1. The molecule has 0 fully saturated rings. The van der Waals surface area contributed by atoms with Crippen molar-refractivity contribution in [2.24, 2.45) is 0 Å². The average molecular weight is 435 g/mol. The van der Waals surface area contributed by atoms with Crippen LogP contribution >= 0.6 is 11.3 Å². The van der Waals surface area contributed by atoms with E-state index < -0.39 is 5.63 Å². The van der Waals surface area contributed by atoms with Crippen LogP contribution in [0.2, 0.25) is 0 Å². The molecule has 0 saturated carbocycles. The lowest BCUT2D eigenvalue weighted by molar-refractivity contribution is 0.464. The van der Waals surface area contributed by atoms with Crippen molar-refractivity contribution >= 4 is 33.1 Å². The van der Waals surface area contributed by atoms with Crippen molar-refractivity contribution in [2.75, 3.05) is 5.32 Å². The predicted octanol–water partition coefficient (Wildman–Crippen LogP) is 6.80. The molecule has 0 saturated heterocycles. The molecular weight excluding hydrogens is 408 g/mol. The minimum absolute atomic E-state index is 0.179. The number of phenolic OH excluding ortho intramolecular Hbond substituents is 1. The van der Waals surface area contributed by atoms with E-state index in [1.807, 2.05) is 48.7 Å². The van der Waals surface area contributed by atoms with Gasteiger partial charge < -0.3 is 14.8 Å². The third-order valence-corrected chi connectivity index (χ3v) is 6.04. The molecule has 0 unspecified atom stereocenters. The molecule has 0 spiro atoms. The Hall–Kier alpha value is -3.12. The van der Waals surface area contributed by atoms with Gasteiger partial charge in [0.15, 0.2) is 5.13 Å². The largest absolute Gasteiger partial charge is 0.508 e. The SMILES string of the molecule is CCCCCCc1cc2cc(-c3csc(Nc4cccc(C)c4)n3)c(=O)oc2cc1O. The molecule has 4 aromatic rings. The Morgan fingerprint density at radius 3 is 2.81 bits per heavy atom. The van der Waals surface area contributed by atoms with Gasteiger partial charge in [-0.05, 0) is 55.2 Å². The summed E-state index contributed by atoms with van der Waals surface area (Å²) >= 11 is 1.44. The normalized spacial score (nSPS) is 11.2. The Morgan fingerprint density at radius 1 is 1.13 bits per heavy atom. The lowest BCUT2D eigenvalue weighted by Crippen LogP contribution is -2.03. The van der Waals surface area contributed by atoms with E-state index in [1.54, 1.807) is 6.07 Å². The van der Waals surface area contributed by atoms with E-state index in [-0.39, 0.29) is 5.75 Å². The van der Waals surface area contributed by atoms with Crippen molar-refractivity contribution in [1.82, 2.24) is 4.98 Å². The zero-order valence-electron chi connectivity index (χ0n) is 17.8. The molecule has 2 heterocycles. The second-order valence-electron chi connectivity index (χ2n) is 7.81. The van der Waals surface area contributed by atoms with Crippen LogP contribution in [-0.2, 0) is 6.42 Å². The highest BCUT2D eigenvalue weighted by atomic mass is 32.1. The number of aromatic hydroxyl groups is 1. The number of anilines is 2. The van der Waals surface area contributed by atoms with Crippen LogP contribution in [0, 0.1) is 6.92 Å². The molecule has 0 aliphatic heterocycles. The maximum atomic E-state index is 12.6. The maximum Gasteiger partial charge on any atom is 0.345 e.